The van der Waals surface area contributed by atoms with Crippen molar-refractivity contribution in [2.24, 2.45) is 64.6 Å². The predicted molar refractivity (Wildman–Crippen MR) is 170 cm³/mol. The van der Waals surface area contributed by atoms with Gasteiger partial charge in [-0.3, -0.25) is 0 Å². The van der Waals surface area contributed by atoms with Crippen molar-refractivity contribution in [1.82, 2.24) is 0 Å². The van der Waals surface area contributed by atoms with Gasteiger partial charge in [0.05, 0.1) is 0 Å². The molecule has 2 atom stereocenters. The minimum Gasteiger partial charge on any atom is -0.0628 e. The lowest BCUT2D eigenvalue weighted by molar-refractivity contribution is 0.154. The molecular formula is C37H74. The van der Waals surface area contributed by atoms with Gasteiger partial charge in [0.25, 0.3) is 0 Å². The normalized spacial score (nSPS) is 27.7. The topological polar surface area (TPSA) is 0 Å². The number of hydrogen-bond donors (Lipinski definition) is 0. The van der Waals surface area contributed by atoms with Crippen molar-refractivity contribution in [2.75, 3.05) is 0 Å². The molecule has 37 heavy (non-hydrogen) atoms. The van der Waals surface area contributed by atoms with Crippen LogP contribution in [0.2, 0.25) is 0 Å². The first-order valence-electron chi connectivity index (χ1n) is 17.3. The highest BCUT2D eigenvalue weighted by Crippen LogP contribution is 2.48. The maximum atomic E-state index is 2.41. The van der Waals surface area contributed by atoms with Crippen molar-refractivity contribution >= 4 is 0 Å². The summed E-state index contributed by atoms with van der Waals surface area (Å²) in [5.74, 6) is 9.58. The van der Waals surface area contributed by atoms with E-state index in [9.17, 15) is 0 Å². The second kappa shape index (κ2) is 17.6. The van der Waals surface area contributed by atoms with Gasteiger partial charge in [0, 0.05) is 0 Å². The molecule has 0 aromatic carbocycles. The lowest BCUT2D eigenvalue weighted by Crippen LogP contribution is -2.25. The van der Waals surface area contributed by atoms with Gasteiger partial charge in [-0.05, 0) is 122 Å². The second-order valence-corrected chi connectivity index (χ2v) is 16.3. The molecule has 3 saturated carbocycles. The highest BCUT2D eigenvalue weighted by atomic mass is 14.4. The summed E-state index contributed by atoms with van der Waals surface area (Å²) in [4.78, 5) is 0. The molecule has 0 heterocycles. The van der Waals surface area contributed by atoms with E-state index in [1.54, 1.807) is 0 Å². The molecular weight excluding hydrogens is 444 g/mol. The van der Waals surface area contributed by atoms with Gasteiger partial charge in [-0.15, -0.1) is 0 Å². The zero-order valence-corrected chi connectivity index (χ0v) is 28.2. The van der Waals surface area contributed by atoms with Gasteiger partial charge in [0.2, 0.25) is 0 Å². The van der Waals surface area contributed by atoms with Gasteiger partial charge in [0.1, 0.15) is 0 Å². The van der Waals surface area contributed by atoms with Crippen LogP contribution in [-0.4, -0.2) is 0 Å². The molecule has 0 aromatic heterocycles. The van der Waals surface area contributed by atoms with E-state index in [4.69, 9.17) is 0 Å². The van der Waals surface area contributed by atoms with E-state index in [0.29, 0.717) is 5.41 Å². The summed E-state index contributed by atoms with van der Waals surface area (Å²) in [5.41, 5.74) is 0.716. The van der Waals surface area contributed by atoms with Gasteiger partial charge in [-0.25, -0.2) is 0 Å². The van der Waals surface area contributed by atoms with Crippen LogP contribution >= 0.6 is 0 Å². The lowest BCUT2D eigenvalue weighted by atomic mass is 9.70. The Bertz CT molecular complexity index is 536. The van der Waals surface area contributed by atoms with Gasteiger partial charge in [-0.1, -0.05) is 115 Å². The van der Waals surface area contributed by atoms with Crippen LogP contribution in [0.4, 0.5) is 0 Å². The van der Waals surface area contributed by atoms with E-state index < -0.39 is 0 Å². The molecule has 0 aliphatic heterocycles. The Kier molecular flexibility index (Phi) is 16.7. The molecule has 3 aliphatic rings. The summed E-state index contributed by atoms with van der Waals surface area (Å²) >= 11 is 0. The fourth-order valence-electron chi connectivity index (χ4n) is 8.27. The number of hydrogen-bond acceptors (Lipinski definition) is 0. The van der Waals surface area contributed by atoms with Crippen LogP contribution in [-0.2, 0) is 0 Å². The smallest absolute Gasteiger partial charge is 0.0272 e. The maximum absolute atomic E-state index is 2.41. The molecule has 0 bridgehead atoms. The first-order chi connectivity index (χ1) is 17.3. The number of rotatable bonds is 9. The Labute approximate surface area is 237 Å². The summed E-state index contributed by atoms with van der Waals surface area (Å²) in [6, 6.07) is 0. The van der Waals surface area contributed by atoms with Crippen molar-refractivity contribution < 1.29 is 0 Å². The average Bonchev–Trinajstić information content (AvgIpc) is 3.44. The molecule has 3 fully saturated rings. The van der Waals surface area contributed by atoms with Crippen molar-refractivity contribution in [3.63, 3.8) is 0 Å². The Hall–Kier alpha value is 0. The van der Waals surface area contributed by atoms with E-state index in [0.717, 1.165) is 59.2 Å². The summed E-state index contributed by atoms with van der Waals surface area (Å²) in [6.45, 7) is 28.5. The van der Waals surface area contributed by atoms with Gasteiger partial charge in [-0.2, -0.15) is 0 Å². The fourth-order valence-corrected chi connectivity index (χ4v) is 8.27. The monoisotopic (exact) mass is 519 g/mol. The third-order valence-electron chi connectivity index (χ3n) is 10.6. The molecule has 0 heteroatoms. The summed E-state index contributed by atoms with van der Waals surface area (Å²) in [5, 5.41) is 0. The quantitative estimate of drug-likeness (QED) is 0.284. The van der Waals surface area contributed by atoms with Crippen molar-refractivity contribution in [3.05, 3.63) is 0 Å². The minimum absolute atomic E-state index is 0.716. The first-order valence-corrected chi connectivity index (χ1v) is 17.3. The Balaban J connectivity index is 0.000000278. The summed E-state index contributed by atoms with van der Waals surface area (Å²) in [7, 11) is 0. The fraction of sp³-hybridized carbons (Fsp3) is 1.00. The van der Waals surface area contributed by atoms with Crippen LogP contribution in [0.25, 0.3) is 0 Å². The zero-order chi connectivity index (χ0) is 28.2. The minimum atomic E-state index is 0.716. The highest BCUT2D eigenvalue weighted by molar-refractivity contribution is 4.87. The maximum Gasteiger partial charge on any atom is -0.0272 e. The highest BCUT2D eigenvalue weighted by Gasteiger charge is 2.36. The van der Waals surface area contributed by atoms with Crippen LogP contribution in [0.3, 0.4) is 0 Å². The van der Waals surface area contributed by atoms with Crippen LogP contribution in [0.15, 0.2) is 0 Å². The Morgan fingerprint density at radius 1 is 0.514 bits per heavy atom. The lowest BCUT2D eigenvalue weighted by Gasteiger charge is -2.35. The molecule has 2 unspecified atom stereocenters. The summed E-state index contributed by atoms with van der Waals surface area (Å²) < 4.78 is 0. The Morgan fingerprint density at radius 2 is 0.946 bits per heavy atom. The summed E-state index contributed by atoms with van der Waals surface area (Å²) in [6.07, 6.45) is 20.8. The van der Waals surface area contributed by atoms with Crippen LogP contribution in [0.5, 0.6) is 0 Å². The van der Waals surface area contributed by atoms with E-state index in [-0.39, 0.29) is 0 Å². The molecule has 0 nitrogen and oxygen atoms in total. The molecule has 0 saturated heterocycles. The second-order valence-electron chi connectivity index (χ2n) is 16.3. The van der Waals surface area contributed by atoms with Gasteiger partial charge >= 0.3 is 0 Å². The van der Waals surface area contributed by atoms with Gasteiger partial charge in [0.15, 0.2) is 0 Å². The third-order valence-corrected chi connectivity index (χ3v) is 10.6. The average molecular weight is 519 g/mol. The third kappa shape index (κ3) is 13.8. The van der Waals surface area contributed by atoms with E-state index >= 15 is 0 Å². The molecule has 3 rings (SSSR count). The van der Waals surface area contributed by atoms with Crippen molar-refractivity contribution in [1.29, 1.82) is 0 Å². The van der Waals surface area contributed by atoms with Crippen LogP contribution in [0, 0.1) is 64.6 Å². The standard InChI is InChI=1S/C13H26.2C12H24/c1-10(2)9-12-5-7-13(8-6-12)11(3)4;1-9(2)7-11-5-6-12(8-11)10(3)4;1-10(2)9-12(11(3)4)7-5-6-8-12/h10-13H,5-9H2,1-4H3;9-12H,5-8H2,1-4H3;10-11H,5-9H2,1-4H3. The molecule has 3 aliphatic carbocycles. The van der Waals surface area contributed by atoms with Crippen molar-refractivity contribution in [3.8, 4) is 0 Å². The molecule has 0 aromatic rings. The molecule has 0 N–H and O–H groups in total. The van der Waals surface area contributed by atoms with E-state index in [1.807, 2.05) is 0 Å². The predicted octanol–water partition coefficient (Wildman–Crippen LogP) is 12.8. The first kappa shape index (κ1) is 35.0. The molecule has 222 valence electrons. The van der Waals surface area contributed by atoms with Crippen LogP contribution < -0.4 is 0 Å². The molecule has 0 amide bonds. The molecule has 0 radical (unpaired) electrons. The van der Waals surface area contributed by atoms with E-state index in [2.05, 4.69) is 83.1 Å². The zero-order valence-electron chi connectivity index (χ0n) is 28.2. The van der Waals surface area contributed by atoms with E-state index in [1.165, 1.54) is 89.9 Å². The largest absolute Gasteiger partial charge is 0.0628 e. The van der Waals surface area contributed by atoms with Gasteiger partial charge < -0.3 is 0 Å². The Morgan fingerprint density at radius 3 is 1.32 bits per heavy atom. The molecule has 0 spiro atoms. The van der Waals surface area contributed by atoms with Crippen LogP contribution in [0.1, 0.15) is 173 Å². The van der Waals surface area contributed by atoms with Crippen molar-refractivity contribution in [2.45, 2.75) is 173 Å². The SMILES string of the molecule is CC(C)CC1(C(C)C)CCCC1.CC(C)CC1CCC(C(C)C)C1.CC(C)CC1CCC(C(C)C)CC1.